The van der Waals surface area contributed by atoms with Gasteiger partial charge in [-0.05, 0) is 6.54 Å². The Bertz CT molecular complexity index is 55.2. The summed E-state index contributed by atoms with van der Waals surface area (Å²) in [6, 6.07) is 0. The van der Waals surface area contributed by atoms with Gasteiger partial charge in [-0.2, -0.15) is 0 Å². The molecule has 4 N–H and O–H groups in total. The van der Waals surface area contributed by atoms with Crippen molar-refractivity contribution in [1.29, 1.82) is 0 Å². The summed E-state index contributed by atoms with van der Waals surface area (Å²) in [6.07, 6.45) is 0. The van der Waals surface area contributed by atoms with Crippen molar-refractivity contribution in [3.05, 3.63) is 0 Å². The number of nitrogens with two attached hydrogens (primary N) is 1. The van der Waals surface area contributed by atoms with Crippen LogP contribution in [0.1, 0.15) is 6.92 Å². The van der Waals surface area contributed by atoms with E-state index in [0.29, 0.717) is 0 Å². The summed E-state index contributed by atoms with van der Waals surface area (Å²) in [7, 11) is 0. The van der Waals surface area contributed by atoms with Crippen LogP contribution in [0.3, 0.4) is 0 Å². The van der Waals surface area contributed by atoms with Crippen LogP contribution in [0.25, 0.3) is 0 Å². The number of carbonyl (C=O) groups is 1. The summed E-state index contributed by atoms with van der Waals surface area (Å²) in [5.41, 5.74) is 4.85. The maximum Gasteiger partial charge on any atom is 0.329 e. The van der Waals surface area contributed by atoms with Gasteiger partial charge in [0, 0.05) is 0 Å². The fourth-order valence-corrected chi connectivity index (χ4v) is 0. The van der Waals surface area contributed by atoms with Crippen LogP contribution in [0.5, 0.6) is 0 Å². The number of carboxylic acids is 1. The molecule has 0 atom stereocenters. The summed E-state index contributed by atoms with van der Waals surface area (Å²) in [5, 5.41) is 15.0. The van der Waals surface area contributed by atoms with Crippen LogP contribution in [0.15, 0.2) is 0 Å². The van der Waals surface area contributed by atoms with Gasteiger partial charge in [0.1, 0.15) is 6.61 Å². The van der Waals surface area contributed by atoms with Crippen molar-refractivity contribution in [2.24, 2.45) is 5.73 Å². The zero-order chi connectivity index (χ0) is 6.99. The minimum absolute atomic E-state index is 0.750. The number of hydrogen-bond acceptors (Lipinski definition) is 3. The van der Waals surface area contributed by atoms with Gasteiger partial charge in [0.2, 0.25) is 0 Å². The van der Waals surface area contributed by atoms with Gasteiger partial charge in [-0.1, -0.05) is 6.92 Å². The average Bonchev–Trinajstić information content (AvgIpc) is 1.69. The van der Waals surface area contributed by atoms with Crippen molar-refractivity contribution in [2.75, 3.05) is 13.2 Å². The van der Waals surface area contributed by atoms with Gasteiger partial charge in [-0.25, -0.2) is 4.79 Å². The monoisotopic (exact) mass is 121 g/mol. The third-order valence-corrected chi connectivity index (χ3v) is 0.135. The van der Waals surface area contributed by atoms with Crippen LogP contribution < -0.4 is 5.73 Å². The number of carboxylic acid groups (broad SMARTS) is 1. The molecule has 50 valence electrons. The van der Waals surface area contributed by atoms with Gasteiger partial charge >= 0.3 is 5.97 Å². The summed E-state index contributed by atoms with van der Waals surface area (Å²) in [4.78, 5) is 9.12. The van der Waals surface area contributed by atoms with Crippen LogP contribution in [0, 0.1) is 0 Å². The number of aliphatic carboxylic acids is 1. The molecule has 0 saturated carbocycles. The Morgan fingerprint density at radius 2 is 1.88 bits per heavy atom. The lowest BCUT2D eigenvalue weighted by molar-refractivity contribution is -0.140. The lowest BCUT2D eigenvalue weighted by Crippen LogP contribution is -1.98. The number of aliphatic hydroxyl groups excluding tert-OH is 1. The third-order valence-electron chi connectivity index (χ3n) is 0.135. The molecule has 4 nitrogen and oxygen atoms in total. The van der Waals surface area contributed by atoms with Crippen LogP contribution in [-0.4, -0.2) is 29.3 Å². The highest BCUT2D eigenvalue weighted by Gasteiger charge is 1.82. The minimum Gasteiger partial charge on any atom is -0.480 e. The van der Waals surface area contributed by atoms with E-state index in [0.717, 1.165) is 6.54 Å². The minimum atomic E-state index is -1.19. The Morgan fingerprint density at radius 1 is 1.75 bits per heavy atom. The van der Waals surface area contributed by atoms with Gasteiger partial charge in [-0.15, -0.1) is 0 Å². The molecule has 0 aromatic carbocycles. The Morgan fingerprint density at radius 3 is 1.88 bits per heavy atom. The maximum atomic E-state index is 9.12. The zero-order valence-electron chi connectivity index (χ0n) is 4.79. The van der Waals surface area contributed by atoms with Crippen molar-refractivity contribution in [2.45, 2.75) is 6.92 Å². The van der Waals surface area contributed by atoms with Crippen LogP contribution in [0.2, 0.25) is 0 Å². The Labute approximate surface area is 47.9 Å². The topological polar surface area (TPSA) is 83.6 Å². The van der Waals surface area contributed by atoms with E-state index in [9.17, 15) is 0 Å². The molecule has 0 aliphatic heterocycles. The molecular weight excluding hydrogens is 110 g/mol. The molecule has 0 aromatic heterocycles. The first kappa shape index (κ1) is 10.4. The molecule has 0 aliphatic rings. The van der Waals surface area contributed by atoms with Crippen molar-refractivity contribution >= 4 is 5.97 Å². The van der Waals surface area contributed by atoms with Gasteiger partial charge < -0.3 is 15.9 Å². The predicted octanol–water partition coefficient (Wildman–Crippen LogP) is -0.972. The van der Waals surface area contributed by atoms with Crippen molar-refractivity contribution in [3.8, 4) is 0 Å². The largest absolute Gasteiger partial charge is 0.480 e. The lowest BCUT2D eigenvalue weighted by atomic mass is 10.8. The number of hydrogen-bond donors (Lipinski definition) is 3. The van der Waals surface area contributed by atoms with Crippen LogP contribution in [0.4, 0.5) is 0 Å². The lowest BCUT2D eigenvalue weighted by Gasteiger charge is -1.72. The van der Waals surface area contributed by atoms with Crippen molar-refractivity contribution in [3.63, 3.8) is 0 Å². The summed E-state index contributed by atoms with van der Waals surface area (Å²) in [6.45, 7) is 1.88. The van der Waals surface area contributed by atoms with E-state index < -0.39 is 12.6 Å². The molecule has 0 aliphatic carbocycles. The zero-order valence-corrected chi connectivity index (χ0v) is 4.79. The standard InChI is InChI=1S/C2H7N.C2H4O3/c1-2-3;3-1-2(4)5/h2-3H2,1H3;3H,1H2,(H,4,5). The highest BCUT2D eigenvalue weighted by atomic mass is 16.4. The molecular formula is C4H11NO3. The van der Waals surface area contributed by atoms with E-state index in [4.69, 9.17) is 20.7 Å². The molecule has 0 radical (unpaired) electrons. The van der Waals surface area contributed by atoms with Gasteiger partial charge in [0.05, 0.1) is 0 Å². The fraction of sp³-hybridized carbons (Fsp3) is 0.750. The first-order chi connectivity index (χ1) is 3.68. The highest BCUT2D eigenvalue weighted by molar-refractivity contribution is 5.67. The highest BCUT2D eigenvalue weighted by Crippen LogP contribution is 1.48. The van der Waals surface area contributed by atoms with Crippen molar-refractivity contribution in [1.82, 2.24) is 0 Å². The summed E-state index contributed by atoms with van der Waals surface area (Å²) >= 11 is 0. The van der Waals surface area contributed by atoms with E-state index in [-0.39, 0.29) is 0 Å². The fourth-order valence-electron chi connectivity index (χ4n) is 0. The van der Waals surface area contributed by atoms with Crippen LogP contribution >= 0.6 is 0 Å². The Balaban J connectivity index is 0. The molecule has 0 aromatic rings. The van der Waals surface area contributed by atoms with Gasteiger partial charge in [-0.3, -0.25) is 0 Å². The molecule has 4 heteroatoms. The van der Waals surface area contributed by atoms with Crippen LogP contribution in [-0.2, 0) is 4.79 Å². The number of aliphatic hydroxyl groups is 1. The predicted molar refractivity (Wildman–Crippen MR) is 29.4 cm³/mol. The molecule has 0 fully saturated rings. The Hall–Kier alpha value is -0.610. The molecule has 0 amide bonds. The Kier molecular flexibility index (Phi) is 12.5. The molecule has 0 rings (SSSR count). The molecule has 0 spiro atoms. The molecule has 0 saturated heterocycles. The van der Waals surface area contributed by atoms with E-state index in [1.807, 2.05) is 6.92 Å². The van der Waals surface area contributed by atoms with E-state index in [1.54, 1.807) is 0 Å². The molecule has 0 heterocycles. The summed E-state index contributed by atoms with van der Waals surface area (Å²) < 4.78 is 0. The SMILES string of the molecule is CCN.O=C(O)CO. The first-order valence-electron chi connectivity index (χ1n) is 2.21. The van der Waals surface area contributed by atoms with E-state index in [2.05, 4.69) is 0 Å². The molecule has 0 bridgehead atoms. The normalized spacial score (nSPS) is 6.88. The second kappa shape index (κ2) is 9.63. The number of rotatable bonds is 1. The van der Waals surface area contributed by atoms with Gasteiger partial charge in [0.25, 0.3) is 0 Å². The quantitative estimate of drug-likeness (QED) is 0.416. The molecule has 0 unspecified atom stereocenters. The average molecular weight is 121 g/mol. The smallest absolute Gasteiger partial charge is 0.329 e. The van der Waals surface area contributed by atoms with Gasteiger partial charge in [0.15, 0.2) is 0 Å². The van der Waals surface area contributed by atoms with E-state index in [1.165, 1.54) is 0 Å². The van der Waals surface area contributed by atoms with Crippen molar-refractivity contribution < 1.29 is 15.0 Å². The van der Waals surface area contributed by atoms with E-state index >= 15 is 0 Å². The second-order valence-corrected chi connectivity index (χ2v) is 0.960. The molecule has 8 heavy (non-hydrogen) atoms. The summed E-state index contributed by atoms with van der Waals surface area (Å²) in [5.74, 6) is -1.19. The third kappa shape index (κ3) is 53.8. The second-order valence-electron chi connectivity index (χ2n) is 0.960. The maximum absolute atomic E-state index is 9.12. The first-order valence-corrected chi connectivity index (χ1v) is 2.21.